The monoisotopic (exact) mass is 338 g/mol. The summed E-state index contributed by atoms with van der Waals surface area (Å²) in [4.78, 5) is 24.1. The molecule has 1 aliphatic heterocycles. The summed E-state index contributed by atoms with van der Waals surface area (Å²) < 4.78 is 0. The van der Waals surface area contributed by atoms with Gasteiger partial charge in [0, 0.05) is 31.0 Å². The highest BCUT2D eigenvalue weighted by Crippen LogP contribution is 2.34. The Morgan fingerprint density at radius 1 is 1.24 bits per heavy atom. The van der Waals surface area contributed by atoms with Crippen molar-refractivity contribution >= 4 is 17.5 Å². The SMILES string of the molecule is Cc1ccc([C@@H](O)CNC(=O)CC2CC(=O)Nc3ccccc32)cc1. The van der Waals surface area contributed by atoms with E-state index >= 15 is 0 Å². The fraction of sp³-hybridized carbons (Fsp3) is 0.300. The molecule has 130 valence electrons. The van der Waals surface area contributed by atoms with E-state index in [4.69, 9.17) is 0 Å². The fourth-order valence-corrected chi connectivity index (χ4v) is 3.10. The van der Waals surface area contributed by atoms with Crippen LogP contribution in [0.5, 0.6) is 0 Å². The molecule has 0 saturated carbocycles. The van der Waals surface area contributed by atoms with Gasteiger partial charge in [-0.15, -0.1) is 0 Å². The van der Waals surface area contributed by atoms with Gasteiger partial charge in [0.1, 0.15) is 0 Å². The van der Waals surface area contributed by atoms with Crippen molar-refractivity contribution in [1.82, 2.24) is 5.32 Å². The first-order chi connectivity index (χ1) is 12.0. The minimum Gasteiger partial charge on any atom is -0.387 e. The Labute approximate surface area is 147 Å². The number of amides is 2. The maximum Gasteiger partial charge on any atom is 0.225 e. The van der Waals surface area contributed by atoms with E-state index in [0.29, 0.717) is 6.42 Å². The van der Waals surface area contributed by atoms with Crippen molar-refractivity contribution in [1.29, 1.82) is 0 Å². The number of nitrogens with one attached hydrogen (secondary N) is 2. The largest absolute Gasteiger partial charge is 0.387 e. The highest BCUT2D eigenvalue weighted by atomic mass is 16.3. The summed E-state index contributed by atoms with van der Waals surface area (Å²) >= 11 is 0. The van der Waals surface area contributed by atoms with Gasteiger partial charge < -0.3 is 15.7 Å². The molecule has 3 N–H and O–H groups in total. The molecule has 5 heteroatoms. The number of carbonyl (C=O) groups is 2. The zero-order valence-corrected chi connectivity index (χ0v) is 14.2. The molecule has 2 aromatic rings. The van der Waals surface area contributed by atoms with Crippen LogP contribution in [0, 0.1) is 6.92 Å². The van der Waals surface area contributed by atoms with Crippen molar-refractivity contribution in [2.24, 2.45) is 0 Å². The van der Waals surface area contributed by atoms with E-state index in [2.05, 4.69) is 10.6 Å². The van der Waals surface area contributed by atoms with Crippen LogP contribution in [0.2, 0.25) is 0 Å². The molecule has 25 heavy (non-hydrogen) atoms. The first-order valence-corrected chi connectivity index (χ1v) is 8.43. The molecule has 1 aliphatic rings. The van der Waals surface area contributed by atoms with Gasteiger partial charge in [-0.1, -0.05) is 48.0 Å². The van der Waals surface area contributed by atoms with E-state index < -0.39 is 6.10 Å². The molecule has 0 radical (unpaired) electrons. The van der Waals surface area contributed by atoms with Gasteiger partial charge in [-0.3, -0.25) is 9.59 Å². The van der Waals surface area contributed by atoms with Crippen molar-refractivity contribution in [3.8, 4) is 0 Å². The van der Waals surface area contributed by atoms with Gasteiger partial charge in [0.25, 0.3) is 0 Å². The van der Waals surface area contributed by atoms with E-state index in [-0.39, 0.29) is 30.7 Å². The van der Waals surface area contributed by atoms with Gasteiger partial charge in [-0.05, 0) is 24.1 Å². The number of carbonyl (C=O) groups excluding carboxylic acids is 2. The van der Waals surface area contributed by atoms with Crippen molar-refractivity contribution in [3.05, 3.63) is 65.2 Å². The number of fused-ring (bicyclic) bond motifs is 1. The lowest BCUT2D eigenvalue weighted by Crippen LogP contribution is -2.31. The first kappa shape index (κ1) is 17.2. The van der Waals surface area contributed by atoms with Crippen molar-refractivity contribution in [3.63, 3.8) is 0 Å². The molecule has 0 saturated heterocycles. The third-order valence-corrected chi connectivity index (χ3v) is 4.49. The van der Waals surface area contributed by atoms with E-state index in [0.717, 1.165) is 22.4 Å². The second-order valence-electron chi connectivity index (χ2n) is 6.47. The standard InChI is InChI=1S/C20H22N2O3/c1-13-6-8-14(9-7-13)18(23)12-21-19(24)10-15-11-20(25)22-17-5-3-2-4-16(15)17/h2-9,15,18,23H,10-12H2,1H3,(H,21,24)(H,22,25)/t15?,18-/m0/s1. The van der Waals surface area contributed by atoms with Crippen LogP contribution in [0.3, 0.4) is 0 Å². The van der Waals surface area contributed by atoms with Crippen LogP contribution in [-0.4, -0.2) is 23.5 Å². The molecule has 0 aromatic heterocycles. The lowest BCUT2D eigenvalue weighted by atomic mass is 9.88. The minimum absolute atomic E-state index is 0.0730. The van der Waals surface area contributed by atoms with Crippen LogP contribution < -0.4 is 10.6 Å². The summed E-state index contributed by atoms with van der Waals surface area (Å²) in [7, 11) is 0. The van der Waals surface area contributed by atoms with Crippen molar-refractivity contribution < 1.29 is 14.7 Å². The number of anilines is 1. The number of rotatable bonds is 5. The molecule has 5 nitrogen and oxygen atoms in total. The highest BCUT2D eigenvalue weighted by molar-refractivity contribution is 5.95. The van der Waals surface area contributed by atoms with E-state index in [1.165, 1.54) is 0 Å². The summed E-state index contributed by atoms with van der Waals surface area (Å²) in [6.07, 6.45) is -0.220. The molecular formula is C20H22N2O3. The van der Waals surface area contributed by atoms with Crippen LogP contribution in [0.1, 0.15) is 41.6 Å². The molecule has 0 aliphatic carbocycles. The Hall–Kier alpha value is -2.66. The van der Waals surface area contributed by atoms with Crippen LogP contribution in [0.4, 0.5) is 5.69 Å². The second-order valence-corrected chi connectivity index (χ2v) is 6.47. The van der Waals surface area contributed by atoms with Gasteiger partial charge in [0.2, 0.25) is 11.8 Å². The zero-order chi connectivity index (χ0) is 17.8. The van der Waals surface area contributed by atoms with Crippen LogP contribution in [-0.2, 0) is 9.59 Å². The number of para-hydroxylation sites is 1. The number of hydrogen-bond acceptors (Lipinski definition) is 3. The smallest absolute Gasteiger partial charge is 0.225 e. The summed E-state index contributed by atoms with van der Waals surface area (Å²) in [5.41, 5.74) is 3.65. The highest BCUT2D eigenvalue weighted by Gasteiger charge is 2.26. The maximum absolute atomic E-state index is 12.3. The third-order valence-electron chi connectivity index (χ3n) is 4.49. The number of hydrogen-bond donors (Lipinski definition) is 3. The Morgan fingerprint density at radius 3 is 2.72 bits per heavy atom. The molecule has 2 amide bonds. The quantitative estimate of drug-likeness (QED) is 0.784. The molecule has 0 fully saturated rings. The lowest BCUT2D eigenvalue weighted by Gasteiger charge is -2.25. The minimum atomic E-state index is -0.744. The molecule has 2 aromatic carbocycles. The van der Waals surface area contributed by atoms with Crippen molar-refractivity contribution in [2.75, 3.05) is 11.9 Å². The Morgan fingerprint density at radius 2 is 1.96 bits per heavy atom. The Kier molecular flexibility index (Phi) is 5.14. The average Bonchev–Trinajstić information content (AvgIpc) is 2.60. The van der Waals surface area contributed by atoms with Gasteiger partial charge >= 0.3 is 0 Å². The molecule has 1 unspecified atom stereocenters. The molecule has 2 atom stereocenters. The predicted octanol–water partition coefficient (Wildman–Crippen LogP) is 2.66. The molecule has 1 heterocycles. The molecule has 0 spiro atoms. The molecule has 3 rings (SSSR count). The summed E-state index contributed by atoms with van der Waals surface area (Å²) in [6.45, 7) is 2.14. The number of aryl methyl sites for hydroxylation is 1. The fourth-order valence-electron chi connectivity index (χ4n) is 3.10. The third kappa shape index (κ3) is 4.25. The summed E-state index contributed by atoms with van der Waals surface area (Å²) in [5.74, 6) is -0.377. The van der Waals surface area contributed by atoms with Crippen molar-refractivity contribution in [2.45, 2.75) is 31.8 Å². The van der Waals surface area contributed by atoms with Gasteiger partial charge in [-0.25, -0.2) is 0 Å². The Bertz CT molecular complexity index is 771. The van der Waals surface area contributed by atoms with E-state index in [9.17, 15) is 14.7 Å². The predicted molar refractivity (Wildman–Crippen MR) is 96.2 cm³/mol. The van der Waals surface area contributed by atoms with E-state index in [1.54, 1.807) is 0 Å². The van der Waals surface area contributed by atoms with E-state index in [1.807, 2.05) is 55.5 Å². The van der Waals surface area contributed by atoms with Crippen LogP contribution in [0.25, 0.3) is 0 Å². The zero-order valence-electron chi connectivity index (χ0n) is 14.2. The van der Waals surface area contributed by atoms with Crippen LogP contribution >= 0.6 is 0 Å². The average molecular weight is 338 g/mol. The molecular weight excluding hydrogens is 316 g/mol. The topological polar surface area (TPSA) is 78.4 Å². The number of aliphatic hydroxyl groups is 1. The second kappa shape index (κ2) is 7.49. The summed E-state index contributed by atoms with van der Waals surface area (Å²) in [6, 6.07) is 15.1. The lowest BCUT2D eigenvalue weighted by molar-refractivity contribution is -0.122. The first-order valence-electron chi connectivity index (χ1n) is 8.43. The van der Waals surface area contributed by atoms with Crippen LogP contribution in [0.15, 0.2) is 48.5 Å². The number of benzene rings is 2. The van der Waals surface area contributed by atoms with Gasteiger partial charge in [-0.2, -0.15) is 0 Å². The van der Waals surface area contributed by atoms with Gasteiger partial charge in [0.15, 0.2) is 0 Å². The summed E-state index contributed by atoms with van der Waals surface area (Å²) in [5, 5.41) is 15.8. The van der Waals surface area contributed by atoms with Gasteiger partial charge in [0.05, 0.1) is 6.10 Å². The number of aliphatic hydroxyl groups excluding tert-OH is 1. The molecule has 0 bridgehead atoms. The maximum atomic E-state index is 12.3. The normalized spacial score (nSPS) is 17.4. The Balaban J connectivity index is 1.58.